The Morgan fingerprint density at radius 1 is 1.18 bits per heavy atom. The van der Waals surface area contributed by atoms with Crippen molar-refractivity contribution in [2.75, 3.05) is 17.7 Å². The van der Waals surface area contributed by atoms with Crippen molar-refractivity contribution >= 4 is 23.4 Å². The van der Waals surface area contributed by atoms with Crippen LogP contribution in [-0.2, 0) is 11.8 Å². The van der Waals surface area contributed by atoms with E-state index < -0.39 is 11.9 Å². The van der Waals surface area contributed by atoms with Gasteiger partial charge in [-0.05, 0) is 31.2 Å². The highest BCUT2D eigenvalue weighted by molar-refractivity contribution is 7.99. The summed E-state index contributed by atoms with van der Waals surface area (Å²) in [4.78, 5) is 14.0. The van der Waals surface area contributed by atoms with Crippen LogP contribution in [0.4, 0.5) is 10.1 Å². The van der Waals surface area contributed by atoms with Gasteiger partial charge in [-0.1, -0.05) is 42.1 Å². The van der Waals surface area contributed by atoms with Crippen LogP contribution in [0.1, 0.15) is 18.9 Å². The molecule has 0 aliphatic carbocycles. The number of nitrogens with zero attached hydrogens (tertiary/aromatic N) is 4. The lowest BCUT2D eigenvalue weighted by Crippen LogP contribution is -2.27. The van der Waals surface area contributed by atoms with E-state index in [1.807, 2.05) is 30.3 Å². The molecule has 0 aliphatic rings. The molecule has 6 nitrogen and oxygen atoms in total. The van der Waals surface area contributed by atoms with Gasteiger partial charge in [-0.2, -0.15) is 0 Å². The molecule has 1 aromatic heterocycles. The number of rotatable bonds is 7. The summed E-state index contributed by atoms with van der Waals surface area (Å²) in [5, 5.41) is 8.87. The maximum absolute atomic E-state index is 13.8. The van der Waals surface area contributed by atoms with E-state index >= 15 is 0 Å². The summed E-state index contributed by atoms with van der Waals surface area (Å²) in [6, 6.07) is 15.7. The lowest BCUT2D eigenvalue weighted by atomic mass is 10.3. The fourth-order valence-corrected chi connectivity index (χ4v) is 3.44. The quantitative estimate of drug-likeness (QED) is 0.564. The van der Waals surface area contributed by atoms with E-state index in [9.17, 15) is 9.18 Å². The Morgan fingerprint density at radius 3 is 2.57 bits per heavy atom. The first-order chi connectivity index (χ1) is 13.5. The van der Waals surface area contributed by atoms with Crippen molar-refractivity contribution in [3.05, 3.63) is 66.2 Å². The number of amides is 1. The molecule has 146 valence electrons. The number of hydrogen-bond acceptors (Lipinski definition) is 5. The predicted molar refractivity (Wildman–Crippen MR) is 107 cm³/mol. The van der Waals surface area contributed by atoms with Gasteiger partial charge < -0.3 is 14.2 Å². The first kappa shape index (κ1) is 19.9. The topological polar surface area (TPSA) is 60.3 Å². The molecule has 28 heavy (non-hydrogen) atoms. The van der Waals surface area contributed by atoms with Gasteiger partial charge >= 0.3 is 0 Å². The fraction of sp³-hybridized carbons (Fsp3) is 0.250. The van der Waals surface area contributed by atoms with Gasteiger partial charge in [0.05, 0.1) is 5.75 Å². The van der Waals surface area contributed by atoms with Gasteiger partial charge in [0.15, 0.2) is 28.7 Å². The number of aromatic nitrogens is 3. The van der Waals surface area contributed by atoms with Gasteiger partial charge in [-0.15, -0.1) is 10.2 Å². The van der Waals surface area contributed by atoms with Crippen LogP contribution in [0.25, 0.3) is 0 Å². The second-order valence-corrected chi connectivity index (χ2v) is 7.11. The Bertz CT molecular complexity index is 948. The standard InChI is InChI=1S/C20H21FN4O2S/c1-14(27-17-12-8-7-11-16(17)21)19-22-23-20(25(19)3)28-13-18(26)24(2)15-9-5-4-6-10-15/h4-12,14H,13H2,1-3H3. The van der Waals surface area contributed by atoms with E-state index in [0.29, 0.717) is 11.0 Å². The first-order valence-electron chi connectivity index (χ1n) is 8.72. The number of carbonyl (C=O) groups excluding carboxylic acids is 1. The SMILES string of the molecule is CC(Oc1ccccc1F)c1nnc(SCC(=O)N(C)c2ccccc2)n1C. The summed E-state index contributed by atoms with van der Waals surface area (Å²) in [5.41, 5.74) is 0.832. The molecular weight excluding hydrogens is 379 g/mol. The highest BCUT2D eigenvalue weighted by Crippen LogP contribution is 2.25. The van der Waals surface area contributed by atoms with Gasteiger partial charge in [-0.25, -0.2) is 4.39 Å². The minimum Gasteiger partial charge on any atom is -0.480 e. The van der Waals surface area contributed by atoms with Gasteiger partial charge in [0.25, 0.3) is 0 Å². The highest BCUT2D eigenvalue weighted by Gasteiger charge is 2.20. The Morgan fingerprint density at radius 2 is 1.86 bits per heavy atom. The molecule has 8 heteroatoms. The largest absolute Gasteiger partial charge is 0.480 e. The zero-order valence-corrected chi connectivity index (χ0v) is 16.7. The van der Waals surface area contributed by atoms with Gasteiger partial charge in [0.1, 0.15) is 0 Å². The Labute approximate surface area is 167 Å². The summed E-state index contributed by atoms with van der Waals surface area (Å²) in [6.45, 7) is 1.78. The number of anilines is 1. The average molecular weight is 400 g/mol. The Hall–Kier alpha value is -2.87. The zero-order valence-electron chi connectivity index (χ0n) is 15.9. The molecule has 0 bridgehead atoms. The molecule has 0 spiro atoms. The minimum atomic E-state index is -0.494. The summed E-state index contributed by atoms with van der Waals surface area (Å²) in [5.74, 6) is 0.457. The number of ether oxygens (including phenoxy) is 1. The lowest BCUT2D eigenvalue weighted by molar-refractivity contribution is -0.115. The number of hydrogen-bond donors (Lipinski definition) is 0. The van der Waals surface area contributed by atoms with E-state index in [1.54, 1.807) is 48.7 Å². The van der Waals surface area contributed by atoms with Crippen molar-refractivity contribution in [2.24, 2.45) is 7.05 Å². The van der Waals surface area contributed by atoms with Crippen molar-refractivity contribution in [1.29, 1.82) is 0 Å². The van der Waals surface area contributed by atoms with Crippen molar-refractivity contribution in [3.63, 3.8) is 0 Å². The predicted octanol–water partition coefficient (Wildman–Crippen LogP) is 3.85. The normalized spacial score (nSPS) is 11.9. The van der Waals surface area contributed by atoms with Crippen LogP contribution in [0, 0.1) is 5.82 Å². The van der Waals surface area contributed by atoms with E-state index in [1.165, 1.54) is 17.8 Å². The van der Waals surface area contributed by atoms with Crippen molar-refractivity contribution < 1.29 is 13.9 Å². The molecule has 0 N–H and O–H groups in total. The molecule has 0 radical (unpaired) electrons. The smallest absolute Gasteiger partial charge is 0.237 e. The minimum absolute atomic E-state index is 0.0450. The Balaban J connectivity index is 1.63. The van der Waals surface area contributed by atoms with Crippen LogP contribution in [0.5, 0.6) is 5.75 Å². The van der Waals surface area contributed by atoms with Gasteiger partial charge in [-0.3, -0.25) is 4.79 Å². The first-order valence-corrected chi connectivity index (χ1v) is 9.71. The third-order valence-electron chi connectivity index (χ3n) is 4.21. The van der Waals surface area contributed by atoms with Crippen molar-refractivity contribution in [1.82, 2.24) is 14.8 Å². The average Bonchev–Trinajstić information content (AvgIpc) is 3.08. The van der Waals surface area contributed by atoms with Gasteiger partial charge in [0.2, 0.25) is 5.91 Å². The molecule has 3 rings (SSSR count). The van der Waals surface area contributed by atoms with Crippen LogP contribution in [0.15, 0.2) is 59.8 Å². The maximum atomic E-state index is 13.8. The summed E-state index contributed by atoms with van der Waals surface area (Å²) in [7, 11) is 3.54. The number of para-hydroxylation sites is 2. The molecule has 3 aromatic rings. The van der Waals surface area contributed by atoms with E-state index in [-0.39, 0.29) is 17.4 Å². The van der Waals surface area contributed by atoms with Crippen molar-refractivity contribution in [2.45, 2.75) is 18.2 Å². The highest BCUT2D eigenvalue weighted by atomic mass is 32.2. The fourth-order valence-electron chi connectivity index (χ4n) is 2.61. The monoisotopic (exact) mass is 400 g/mol. The van der Waals surface area contributed by atoms with Crippen LogP contribution in [0.2, 0.25) is 0 Å². The number of thioether (sulfide) groups is 1. The Kier molecular flexibility index (Phi) is 6.30. The van der Waals surface area contributed by atoms with Crippen LogP contribution in [-0.4, -0.2) is 33.5 Å². The van der Waals surface area contributed by atoms with E-state index in [0.717, 1.165) is 5.69 Å². The maximum Gasteiger partial charge on any atom is 0.237 e. The molecule has 2 aromatic carbocycles. The summed E-state index contributed by atoms with van der Waals surface area (Å²) < 4.78 is 21.2. The molecule has 0 saturated carbocycles. The zero-order chi connectivity index (χ0) is 20.1. The molecule has 0 fully saturated rings. The third-order valence-corrected chi connectivity index (χ3v) is 5.22. The van der Waals surface area contributed by atoms with Crippen LogP contribution in [0.3, 0.4) is 0 Å². The molecule has 0 aliphatic heterocycles. The molecule has 1 atom stereocenters. The lowest BCUT2D eigenvalue weighted by Gasteiger charge is -2.17. The number of benzene rings is 2. The second-order valence-electron chi connectivity index (χ2n) is 6.17. The molecule has 1 unspecified atom stereocenters. The van der Waals surface area contributed by atoms with Crippen molar-refractivity contribution in [3.8, 4) is 5.75 Å². The molecule has 1 heterocycles. The van der Waals surface area contributed by atoms with E-state index in [2.05, 4.69) is 10.2 Å². The second kappa shape index (κ2) is 8.88. The third kappa shape index (κ3) is 4.51. The molecule has 0 saturated heterocycles. The summed E-state index contributed by atoms with van der Waals surface area (Å²) in [6.07, 6.45) is -0.494. The van der Waals surface area contributed by atoms with Crippen LogP contribution >= 0.6 is 11.8 Å². The number of carbonyl (C=O) groups is 1. The van der Waals surface area contributed by atoms with Crippen LogP contribution < -0.4 is 9.64 Å². The van der Waals surface area contributed by atoms with Gasteiger partial charge in [0, 0.05) is 19.8 Å². The van der Waals surface area contributed by atoms with E-state index in [4.69, 9.17) is 4.74 Å². The summed E-state index contributed by atoms with van der Waals surface area (Å²) >= 11 is 1.29. The number of halogens is 1. The molecular formula is C20H21FN4O2S. The molecule has 1 amide bonds.